The summed E-state index contributed by atoms with van der Waals surface area (Å²) < 4.78 is 4.81. The van der Waals surface area contributed by atoms with Crippen molar-refractivity contribution < 1.29 is 0 Å². The predicted octanol–water partition coefficient (Wildman–Crippen LogP) is 13.5. The van der Waals surface area contributed by atoms with Crippen LogP contribution in [0.4, 0.5) is 0 Å². The summed E-state index contributed by atoms with van der Waals surface area (Å²) in [5.74, 6) is 0. The molecule has 9 aromatic carbocycles. The number of benzene rings is 9. The lowest BCUT2D eigenvalue weighted by atomic mass is 9.96. The van der Waals surface area contributed by atoms with Crippen LogP contribution in [0.1, 0.15) is 0 Å². The van der Waals surface area contributed by atoms with Gasteiger partial charge >= 0.3 is 0 Å². The molecular formula is C52H32N4. The summed E-state index contributed by atoms with van der Waals surface area (Å²) in [6.07, 6.45) is 3.64. The molecule has 0 saturated heterocycles. The molecule has 0 amide bonds. The Morgan fingerprint density at radius 2 is 0.679 bits per heavy atom. The van der Waals surface area contributed by atoms with Crippen LogP contribution in [0.25, 0.3) is 110 Å². The Hall–Kier alpha value is -7.56. The second-order valence-corrected chi connectivity index (χ2v) is 14.6. The first-order valence-electron chi connectivity index (χ1n) is 19.1. The van der Waals surface area contributed by atoms with Crippen molar-refractivity contribution in [3.05, 3.63) is 194 Å². The molecule has 0 fully saturated rings. The molecule has 56 heavy (non-hydrogen) atoms. The highest BCUT2D eigenvalue weighted by atomic mass is 15.0. The molecule has 3 heterocycles. The van der Waals surface area contributed by atoms with Crippen molar-refractivity contribution in [2.75, 3.05) is 0 Å². The summed E-state index contributed by atoms with van der Waals surface area (Å²) in [5, 5.41) is 9.39. The SMILES string of the molecule is c1ccc(-c2cccc(-n3c4ccccc4c4cc5c6cc7c8ccccc8n(-c8cccc(-c9ccccc9)c8)c7cc6c6nccnc6c5cc43)c2)cc1. The quantitative estimate of drug-likeness (QED) is 0.170. The Bertz CT molecular complexity index is 3290. The fourth-order valence-electron chi connectivity index (χ4n) is 9.07. The van der Waals surface area contributed by atoms with Gasteiger partial charge in [-0.3, -0.25) is 9.97 Å². The van der Waals surface area contributed by atoms with Gasteiger partial charge in [-0.15, -0.1) is 0 Å². The highest BCUT2D eigenvalue weighted by molar-refractivity contribution is 6.30. The van der Waals surface area contributed by atoms with E-state index in [-0.39, 0.29) is 0 Å². The molecule has 260 valence electrons. The zero-order valence-electron chi connectivity index (χ0n) is 30.3. The van der Waals surface area contributed by atoms with E-state index in [1.807, 2.05) is 12.4 Å². The van der Waals surface area contributed by atoms with Crippen LogP contribution < -0.4 is 0 Å². The second-order valence-electron chi connectivity index (χ2n) is 14.6. The lowest BCUT2D eigenvalue weighted by Crippen LogP contribution is -1.96. The van der Waals surface area contributed by atoms with Crippen molar-refractivity contribution in [2.24, 2.45) is 0 Å². The maximum absolute atomic E-state index is 5.05. The minimum atomic E-state index is 0.903. The average Bonchev–Trinajstić information content (AvgIpc) is 3.78. The number of para-hydroxylation sites is 2. The average molecular weight is 713 g/mol. The Kier molecular flexibility index (Phi) is 6.60. The van der Waals surface area contributed by atoms with E-state index in [0.717, 1.165) is 44.2 Å². The van der Waals surface area contributed by atoms with Crippen LogP contribution in [0.2, 0.25) is 0 Å². The highest BCUT2D eigenvalue weighted by Crippen LogP contribution is 2.43. The molecule has 0 spiro atoms. The van der Waals surface area contributed by atoms with Crippen molar-refractivity contribution in [2.45, 2.75) is 0 Å². The normalized spacial score (nSPS) is 11.9. The first-order valence-corrected chi connectivity index (χ1v) is 19.1. The van der Waals surface area contributed by atoms with Crippen LogP contribution in [0.3, 0.4) is 0 Å². The van der Waals surface area contributed by atoms with Gasteiger partial charge in [-0.1, -0.05) is 121 Å². The molecule has 3 aromatic heterocycles. The van der Waals surface area contributed by atoms with Gasteiger partial charge in [-0.25, -0.2) is 0 Å². The van der Waals surface area contributed by atoms with Gasteiger partial charge in [0.15, 0.2) is 0 Å². The van der Waals surface area contributed by atoms with Crippen molar-refractivity contribution in [3.8, 4) is 33.6 Å². The molecule has 0 aliphatic heterocycles. The lowest BCUT2D eigenvalue weighted by molar-refractivity contribution is 1.18. The number of rotatable bonds is 4. The molecule has 12 rings (SSSR count). The van der Waals surface area contributed by atoms with E-state index in [4.69, 9.17) is 9.97 Å². The van der Waals surface area contributed by atoms with Crippen LogP contribution in [0.15, 0.2) is 194 Å². The van der Waals surface area contributed by atoms with Gasteiger partial charge in [0.2, 0.25) is 0 Å². The van der Waals surface area contributed by atoms with Crippen LogP contribution in [-0.4, -0.2) is 19.1 Å². The Labute approximate surface area is 322 Å². The molecule has 0 aliphatic carbocycles. The van der Waals surface area contributed by atoms with E-state index in [0.29, 0.717) is 0 Å². The van der Waals surface area contributed by atoms with E-state index in [1.54, 1.807) is 0 Å². The van der Waals surface area contributed by atoms with Gasteiger partial charge in [-0.05, 0) is 93.7 Å². The lowest BCUT2D eigenvalue weighted by Gasteiger charge is -2.14. The molecule has 4 nitrogen and oxygen atoms in total. The van der Waals surface area contributed by atoms with E-state index < -0.39 is 0 Å². The molecule has 0 unspecified atom stereocenters. The molecule has 0 radical (unpaired) electrons. The molecule has 0 bridgehead atoms. The number of aromatic nitrogens is 4. The third kappa shape index (κ3) is 4.53. The predicted molar refractivity (Wildman–Crippen MR) is 234 cm³/mol. The Morgan fingerprint density at radius 1 is 0.268 bits per heavy atom. The minimum absolute atomic E-state index is 0.903. The number of hydrogen-bond donors (Lipinski definition) is 0. The molecule has 0 aliphatic rings. The van der Waals surface area contributed by atoms with Crippen molar-refractivity contribution in [1.29, 1.82) is 0 Å². The van der Waals surface area contributed by atoms with Gasteiger partial charge in [0, 0.05) is 56.1 Å². The van der Waals surface area contributed by atoms with Crippen molar-refractivity contribution >= 4 is 76.2 Å². The summed E-state index contributed by atoms with van der Waals surface area (Å²) in [7, 11) is 0. The number of fused-ring (bicyclic) bond motifs is 12. The zero-order chi connectivity index (χ0) is 36.7. The van der Waals surface area contributed by atoms with E-state index >= 15 is 0 Å². The standard InChI is InChI=1S/C52H32N4/c1-3-13-33(14-4-1)35-17-11-19-37(27-35)55-47-23-9-7-21-39(47)43-29-41-42-30-44-40-22-8-10-24-48(40)56(38-20-12-18-36(28-38)34-15-5-2-6-16-34)50(44)32-46(42)52-51(53-25-26-54-52)45(41)31-49(43)55/h1-32H. The monoisotopic (exact) mass is 712 g/mol. The van der Waals surface area contributed by atoms with Gasteiger partial charge in [0.05, 0.1) is 33.1 Å². The topological polar surface area (TPSA) is 35.6 Å². The molecule has 0 N–H and O–H groups in total. The van der Waals surface area contributed by atoms with Gasteiger partial charge in [-0.2, -0.15) is 0 Å². The van der Waals surface area contributed by atoms with Crippen LogP contribution in [0.5, 0.6) is 0 Å². The van der Waals surface area contributed by atoms with Gasteiger partial charge in [0.25, 0.3) is 0 Å². The zero-order valence-corrected chi connectivity index (χ0v) is 30.3. The summed E-state index contributed by atoms with van der Waals surface area (Å²) >= 11 is 0. The Morgan fingerprint density at radius 3 is 1.14 bits per heavy atom. The minimum Gasteiger partial charge on any atom is -0.309 e. The first kappa shape index (κ1) is 30.9. The number of nitrogens with zero attached hydrogens (tertiary/aromatic N) is 4. The molecule has 12 aromatic rings. The summed E-state index contributed by atoms with van der Waals surface area (Å²) in [6, 6.07) is 65.9. The molecule has 4 heteroatoms. The first-order chi connectivity index (χ1) is 27.8. The van der Waals surface area contributed by atoms with E-state index in [1.165, 1.54) is 65.6 Å². The van der Waals surface area contributed by atoms with E-state index in [9.17, 15) is 0 Å². The molecule has 0 atom stereocenters. The smallest absolute Gasteiger partial charge is 0.0972 e. The van der Waals surface area contributed by atoms with Gasteiger partial charge < -0.3 is 9.13 Å². The fourth-order valence-corrected chi connectivity index (χ4v) is 9.07. The highest BCUT2D eigenvalue weighted by Gasteiger charge is 2.20. The molecular weight excluding hydrogens is 681 g/mol. The van der Waals surface area contributed by atoms with Crippen LogP contribution in [-0.2, 0) is 0 Å². The summed E-state index contributed by atoms with van der Waals surface area (Å²) in [5.41, 5.74) is 13.5. The maximum atomic E-state index is 5.05. The number of hydrogen-bond acceptors (Lipinski definition) is 2. The summed E-state index contributed by atoms with van der Waals surface area (Å²) in [4.78, 5) is 10.1. The Balaban J connectivity index is 1.17. The molecule has 0 saturated carbocycles. The van der Waals surface area contributed by atoms with Crippen molar-refractivity contribution in [3.63, 3.8) is 0 Å². The van der Waals surface area contributed by atoms with Crippen molar-refractivity contribution in [1.82, 2.24) is 19.1 Å². The summed E-state index contributed by atoms with van der Waals surface area (Å²) in [6.45, 7) is 0. The maximum Gasteiger partial charge on any atom is 0.0972 e. The third-order valence-electron chi connectivity index (χ3n) is 11.5. The largest absolute Gasteiger partial charge is 0.309 e. The third-order valence-corrected chi connectivity index (χ3v) is 11.5. The second kappa shape index (κ2) is 12.0. The van der Waals surface area contributed by atoms with E-state index in [2.05, 4.69) is 191 Å². The fraction of sp³-hybridized carbons (Fsp3) is 0. The van der Waals surface area contributed by atoms with Gasteiger partial charge in [0.1, 0.15) is 0 Å². The van der Waals surface area contributed by atoms with Crippen LogP contribution >= 0.6 is 0 Å². The van der Waals surface area contributed by atoms with Crippen LogP contribution in [0, 0.1) is 0 Å².